The van der Waals surface area contributed by atoms with Gasteiger partial charge >= 0.3 is 0 Å². The zero-order chi connectivity index (χ0) is 16.2. The molecule has 0 unspecified atom stereocenters. The molecule has 0 aliphatic carbocycles. The molecule has 2 aromatic heterocycles. The van der Waals surface area contributed by atoms with Crippen molar-refractivity contribution in [3.05, 3.63) is 48.2 Å². The van der Waals surface area contributed by atoms with Crippen molar-refractivity contribution in [1.29, 1.82) is 0 Å². The summed E-state index contributed by atoms with van der Waals surface area (Å²) < 4.78 is 6.78. The van der Waals surface area contributed by atoms with Crippen molar-refractivity contribution in [2.24, 2.45) is 0 Å². The highest BCUT2D eigenvalue weighted by Crippen LogP contribution is 2.23. The van der Waals surface area contributed by atoms with Crippen LogP contribution in [0.5, 0.6) is 0 Å². The third-order valence-corrected chi connectivity index (χ3v) is 3.53. The lowest BCUT2D eigenvalue weighted by Crippen LogP contribution is -2.28. The van der Waals surface area contributed by atoms with Gasteiger partial charge in [-0.05, 0) is 18.6 Å². The minimum atomic E-state index is -0.156. The van der Waals surface area contributed by atoms with Crippen LogP contribution in [0.1, 0.15) is 15.9 Å². The van der Waals surface area contributed by atoms with Crippen molar-refractivity contribution >= 4 is 17.1 Å². The van der Waals surface area contributed by atoms with E-state index in [9.17, 15) is 4.79 Å². The first kappa shape index (κ1) is 15.1. The molecule has 2 heterocycles. The number of nitrogens with one attached hydrogen (secondary N) is 1. The number of aromatic nitrogens is 4. The number of imidazole rings is 1. The van der Waals surface area contributed by atoms with Gasteiger partial charge in [0.05, 0.1) is 24.1 Å². The van der Waals surface area contributed by atoms with E-state index in [-0.39, 0.29) is 5.91 Å². The zero-order valence-corrected chi connectivity index (χ0v) is 13.0. The summed E-state index contributed by atoms with van der Waals surface area (Å²) in [5.74, 6) is -0.156. The molecule has 1 N–H and O–H groups in total. The van der Waals surface area contributed by atoms with Gasteiger partial charge in [-0.2, -0.15) is 0 Å². The summed E-state index contributed by atoms with van der Waals surface area (Å²) >= 11 is 0. The second-order valence-corrected chi connectivity index (χ2v) is 5.07. The first-order valence-electron chi connectivity index (χ1n) is 7.22. The molecule has 118 valence electrons. The molecular formula is C16H17N5O2. The second kappa shape index (κ2) is 6.53. The van der Waals surface area contributed by atoms with E-state index < -0.39 is 0 Å². The fourth-order valence-corrected chi connectivity index (χ4v) is 2.45. The lowest BCUT2D eigenvalue weighted by molar-refractivity contribution is 0.0937. The molecule has 0 saturated heterocycles. The number of benzene rings is 1. The molecule has 0 fully saturated rings. The van der Waals surface area contributed by atoms with Crippen LogP contribution >= 0.6 is 0 Å². The Morgan fingerprint density at radius 2 is 2.22 bits per heavy atom. The molecule has 23 heavy (non-hydrogen) atoms. The van der Waals surface area contributed by atoms with E-state index in [0.29, 0.717) is 29.9 Å². The molecule has 0 atom stereocenters. The number of ether oxygens (including phenoxy) is 1. The highest BCUT2D eigenvalue weighted by atomic mass is 16.5. The lowest BCUT2D eigenvalue weighted by atomic mass is 10.1. The first-order valence-corrected chi connectivity index (χ1v) is 7.22. The third-order valence-electron chi connectivity index (χ3n) is 3.53. The van der Waals surface area contributed by atoms with Crippen LogP contribution in [0.3, 0.4) is 0 Å². The van der Waals surface area contributed by atoms with Crippen molar-refractivity contribution in [2.45, 2.75) is 6.92 Å². The maximum Gasteiger partial charge on any atom is 0.253 e. The van der Waals surface area contributed by atoms with E-state index in [1.807, 2.05) is 23.6 Å². The lowest BCUT2D eigenvalue weighted by Gasteiger charge is -2.14. The van der Waals surface area contributed by atoms with Crippen LogP contribution in [0.2, 0.25) is 0 Å². The molecule has 0 aliphatic rings. The van der Waals surface area contributed by atoms with Crippen LogP contribution in [0, 0.1) is 6.92 Å². The normalized spacial score (nSPS) is 10.9. The van der Waals surface area contributed by atoms with E-state index in [0.717, 1.165) is 11.3 Å². The Bertz CT molecular complexity index is 843. The van der Waals surface area contributed by atoms with Crippen molar-refractivity contribution in [3.63, 3.8) is 0 Å². The number of hydrogen-bond donors (Lipinski definition) is 1. The van der Waals surface area contributed by atoms with Gasteiger partial charge in [-0.3, -0.25) is 9.36 Å². The molecule has 1 amide bonds. The molecule has 7 heteroatoms. The largest absolute Gasteiger partial charge is 0.383 e. The summed E-state index contributed by atoms with van der Waals surface area (Å²) in [4.78, 5) is 25.0. The Kier molecular flexibility index (Phi) is 4.29. The number of hydrogen-bond acceptors (Lipinski definition) is 5. The van der Waals surface area contributed by atoms with E-state index in [2.05, 4.69) is 20.3 Å². The van der Waals surface area contributed by atoms with Crippen molar-refractivity contribution in [1.82, 2.24) is 24.8 Å². The first-order chi connectivity index (χ1) is 11.2. The van der Waals surface area contributed by atoms with Crippen molar-refractivity contribution in [2.75, 3.05) is 20.3 Å². The number of carbonyl (C=O) groups is 1. The van der Waals surface area contributed by atoms with Gasteiger partial charge in [0.15, 0.2) is 5.65 Å². The number of nitrogens with zero attached hydrogens (tertiary/aromatic N) is 4. The maximum atomic E-state index is 12.5. The predicted octanol–water partition coefficient (Wildman–Crippen LogP) is 1.50. The number of methoxy groups -OCH3 is 1. The Labute approximate surface area is 133 Å². The van der Waals surface area contributed by atoms with E-state index in [1.54, 1.807) is 25.7 Å². The minimum Gasteiger partial charge on any atom is -0.383 e. The van der Waals surface area contributed by atoms with Crippen molar-refractivity contribution < 1.29 is 9.53 Å². The molecule has 1 aromatic carbocycles. The zero-order valence-electron chi connectivity index (χ0n) is 13.0. The summed E-state index contributed by atoms with van der Waals surface area (Å²) in [5, 5.41) is 2.85. The molecule has 0 saturated carbocycles. The number of para-hydroxylation sites is 1. The minimum absolute atomic E-state index is 0.156. The number of amides is 1. The quantitative estimate of drug-likeness (QED) is 0.722. The van der Waals surface area contributed by atoms with Crippen LogP contribution in [0.4, 0.5) is 0 Å². The Morgan fingerprint density at radius 3 is 3.04 bits per heavy atom. The molecule has 7 nitrogen and oxygen atoms in total. The Morgan fingerprint density at radius 1 is 1.35 bits per heavy atom. The van der Waals surface area contributed by atoms with Gasteiger partial charge in [0.1, 0.15) is 18.2 Å². The average Bonchev–Trinajstić information content (AvgIpc) is 2.98. The van der Waals surface area contributed by atoms with Crippen LogP contribution in [0.25, 0.3) is 16.9 Å². The fraction of sp³-hybridized carbons (Fsp3) is 0.250. The Balaban J connectivity index is 2.07. The second-order valence-electron chi connectivity index (χ2n) is 5.07. The van der Waals surface area contributed by atoms with E-state index >= 15 is 0 Å². The van der Waals surface area contributed by atoms with Gasteiger partial charge in [0.2, 0.25) is 0 Å². The van der Waals surface area contributed by atoms with E-state index in [4.69, 9.17) is 4.74 Å². The monoisotopic (exact) mass is 311 g/mol. The van der Waals surface area contributed by atoms with Crippen LogP contribution < -0.4 is 5.32 Å². The molecule has 0 bridgehead atoms. The van der Waals surface area contributed by atoms with Crippen LogP contribution in [0.15, 0.2) is 37.1 Å². The van der Waals surface area contributed by atoms with Gasteiger partial charge in [0.25, 0.3) is 5.91 Å². The predicted molar refractivity (Wildman–Crippen MR) is 85.6 cm³/mol. The highest BCUT2D eigenvalue weighted by Gasteiger charge is 2.17. The van der Waals surface area contributed by atoms with Crippen LogP contribution in [-0.4, -0.2) is 45.7 Å². The third kappa shape index (κ3) is 2.91. The molecule has 3 rings (SSSR count). The number of carbonyl (C=O) groups excluding carboxylic acids is 1. The fourth-order valence-electron chi connectivity index (χ4n) is 2.45. The standard InChI is InChI=1S/C16H17N5O2/c1-11-4-3-5-12(16(22)18-6-7-23-2)14(11)21-10-20-13-8-17-9-19-15(13)21/h3-5,8-10H,6-7H2,1-2H3,(H,18,22). The molecular weight excluding hydrogens is 294 g/mol. The van der Waals surface area contributed by atoms with Gasteiger partial charge in [-0.25, -0.2) is 15.0 Å². The summed E-state index contributed by atoms with van der Waals surface area (Å²) in [6.45, 7) is 2.87. The summed E-state index contributed by atoms with van der Waals surface area (Å²) in [6.07, 6.45) is 4.78. The number of rotatable bonds is 5. The van der Waals surface area contributed by atoms with E-state index in [1.165, 1.54) is 6.33 Å². The van der Waals surface area contributed by atoms with Gasteiger partial charge in [-0.1, -0.05) is 12.1 Å². The van der Waals surface area contributed by atoms with Crippen molar-refractivity contribution in [3.8, 4) is 5.69 Å². The summed E-state index contributed by atoms with van der Waals surface area (Å²) in [6, 6.07) is 5.60. The molecule has 3 aromatic rings. The summed E-state index contributed by atoms with van der Waals surface area (Å²) in [5.41, 5.74) is 3.65. The maximum absolute atomic E-state index is 12.5. The molecule has 0 spiro atoms. The highest BCUT2D eigenvalue weighted by molar-refractivity contribution is 5.98. The van der Waals surface area contributed by atoms with Gasteiger partial charge < -0.3 is 10.1 Å². The molecule has 0 radical (unpaired) electrons. The topological polar surface area (TPSA) is 81.9 Å². The van der Waals surface area contributed by atoms with Gasteiger partial charge in [0, 0.05) is 13.7 Å². The SMILES string of the molecule is COCCNC(=O)c1cccc(C)c1-n1cnc2cncnc21. The number of fused-ring (bicyclic) bond motifs is 1. The summed E-state index contributed by atoms with van der Waals surface area (Å²) in [7, 11) is 1.60. The number of aryl methyl sites for hydroxylation is 1. The Hall–Kier alpha value is -2.80. The molecule has 0 aliphatic heterocycles. The smallest absolute Gasteiger partial charge is 0.253 e. The van der Waals surface area contributed by atoms with Crippen LogP contribution in [-0.2, 0) is 4.74 Å². The average molecular weight is 311 g/mol. The van der Waals surface area contributed by atoms with Gasteiger partial charge in [-0.15, -0.1) is 0 Å².